The van der Waals surface area contributed by atoms with E-state index in [1.54, 1.807) is 12.3 Å². The molecule has 1 aromatic heterocycles. The molecule has 0 aliphatic heterocycles. The number of nitrogens with zero attached hydrogens (tertiary/aromatic N) is 4. The van der Waals surface area contributed by atoms with Crippen LogP contribution in [0.25, 0.3) is 10.4 Å². The Hall–Kier alpha value is -1.54. The van der Waals surface area contributed by atoms with Crippen LogP contribution >= 0.6 is 0 Å². The quantitative estimate of drug-likeness (QED) is 0.367. The van der Waals surface area contributed by atoms with Crippen molar-refractivity contribution in [3.05, 3.63) is 34.3 Å². The van der Waals surface area contributed by atoms with Crippen LogP contribution < -0.4 is 0 Å². The summed E-state index contributed by atoms with van der Waals surface area (Å²) in [5.74, 6) is 0.413. The van der Waals surface area contributed by atoms with Crippen molar-refractivity contribution < 1.29 is 0 Å². The van der Waals surface area contributed by atoms with Crippen LogP contribution in [0.1, 0.15) is 26.3 Å². The molecule has 0 saturated carbocycles. The summed E-state index contributed by atoms with van der Waals surface area (Å²) in [6.07, 6.45) is 1.74. The van der Waals surface area contributed by atoms with E-state index in [2.05, 4.69) is 35.8 Å². The number of hydrogen-bond acceptors (Lipinski definition) is 2. The lowest BCUT2D eigenvalue weighted by Crippen LogP contribution is -2.10. The second-order valence-corrected chi connectivity index (χ2v) is 3.84. The van der Waals surface area contributed by atoms with Crippen molar-refractivity contribution in [1.82, 2.24) is 4.98 Å². The SMILES string of the molecule is CC(C)(C)c1ccc(N=[N+]=[N-])nc1. The Balaban J connectivity index is 3.00. The molecule has 0 spiro atoms. The molecule has 4 nitrogen and oxygen atoms in total. The highest BCUT2D eigenvalue weighted by Gasteiger charge is 2.12. The third-order valence-corrected chi connectivity index (χ3v) is 1.76. The molecular formula is C9H12N4. The minimum Gasteiger partial charge on any atom is -0.254 e. The molecule has 0 saturated heterocycles. The van der Waals surface area contributed by atoms with Gasteiger partial charge < -0.3 is 0 Å². The molecular weight excluding hydrogens is 164 g/mol. The number of aromatic nitrogens is 1. The van der Waals surface area contributed by atoms with Gasteiger partial charge in [-0.25, -0.2) is 0 Å². The maximum atomic E-state index is 8.17. The minimum absolute atomic E-state index is 0.0852. The van der Waals surface area contributed by atoms with Gasteiger partial charge in [0.15, 0.2) is 0 Å². The van der Waals surface area contributed by atoms with Gasteiger partial charge in [0, 0.05) is 11.1 Å². The molecule has 68 valence electrons. The van der Waals surface area contributed by atoms with Crippen molar-refractivity contribution >= 4 is 5.82 Å². The molecule has 0 unspecified atom stereocenters. The standard InChI is InChI=1S/C9H12N4/c1-9(2,3)7-4-5-8(11-6-7)12-13-10/h4-6H,1-3H3. The smallest absolute Gasteiger partial charge is 0.126 e. The van der Waals surface area contributed by atoms with Crippen molar-refractivity contribution in [1.29, 1.82) is 0 Å². The van der Waals surface area contributed by atoms with E-state index >= 15 is 0 Å². The van der Waals surface area contributed by atoms with Crippen LogP contribution in [0.3, 0.4) is 0 Å². The summed E-state index contributed by atoms with van der Waals surface area (Å²) in [6.45, 7) is 6.33. The van der Waals surface area contributed by atoms with Crippen LogP contribution in [0.2, 0.25) is 0 Å². The molecule has 4 heteroatoms. The van der Waals surface area contributed by atoms with Gasteiger partial charge in [-0.2, -0.15) is 0 Å². The van der Waals surface area contributed by atoms with E-state index in [0.717, 1.165) is 5.56 Å². The predicted octanol–water partition coefficient (Wildman–Crippen LogP) is 3.32. The zero-order valence-electron chi connectivity index (χ0n) is 8.02. The Labute approximate surface area is 77.2 Å². The summed E-state index contributed by atoms with van der Waals surface area (Å²) < 4.78 is 0. The van der Waals surface area contributed by atoms with E-state index in [-0.39, 0.29) is 5.41 Å². The van der Waals surface area contributed by atoms with Crippen LogP contribution in [0.4, 0.5) is 5.82 Å². The van der Waals surface area contributed by atoms with Gasteiger partial charge in [0.25, 0.3) is 0 Å². The Bertz CT molecular complexity index is 328. The molecule has 0 aromatic carbocycles. The van der Waals surface area contributed by atoms with Crippen LogP contribution in [0.5, 0.6) is 0 Å². The van der Waals surface area contributed by atoms with Crippen molar-refractivity contribution in [3.63, 3.8) is 0 Å². The first-order valence-electron chi connectivity index (χ1n) is 4.05. The summed E-state index contributed by atoms with van der Waals surface area (Å²) in [6, 6.07) is 3.65. The van der Waals surface area contributed by atoms with E-state index in [1.807, 2.05) is 6.07 Å². The Kier molecular flexibility index (Phi) is 2.54. The average Bonchev–Trinajstić information content (AvgIpc) is 2.04. The Morgan fingerprint density at radius 1 is 1.38 bits per heavy atom. The fourth-order valence-corrected chi connectivity index (χ4v) is 0.935. The molecule has 1 rings (SSSR count). The zero-order chi connectivity index (χ0) is 9.90. The monoisotopic (exact) mass is 176 g/mol. The molecule has 0 bridgehead atoms. The summed E-state index contributed by atoms with van der Waals surface area (Å²) >= 11 is 0. The number of pyridine rings is 1. The summed E-state index contributed by atoms with van der Waals surface area (Å²) in [4.78, 5) is 6.67. The third kappa shape index (κ3) is 2.46. The number of rotatable bonds is 1. The van der Waals surface area contributed by atoms with Gasteiger partial charge in [0.1, 0.15) is 5.82 Å². The molecule has 0 N–H and O–H groups in total. The minimum atomic E-state index is 0.0852. The average molecular weight is 176 g/mol. The highest BCUT2D eigenvalue weighted by atomic mass is 15.2. The highest BCUT2D eigenvalue weighted by Crippen LogP contribution is 2.22. The maximum Gasteiger partial charge on any atom is 0.126 e. The van der Waals surface area contributed by atoms with Gasteiger partial charge in [-0.1, -0.05) is 26.8 Å². The van der Waals surface area contributed by atoms with E-state index < -0.39 is 0 Å². The third-order valence-electron chi connectivity index (χ3n) is 1.76. The first-order valence-corrected chi connectivity index (χ1v) is 4.05. The van der Waals surface area contributed by atoms with Gasteiger partial charge in [-0.15, -0.1) is 0 Å². The molecule has 0 amide bonds. The first kappa shape index (κ1) is 9.55. The Morgan fingerprint density at radius 3 is 2.46 bits per heavy atom. The van der Waals surface area contributed by atoms with Crippen LogP contribution in [0, 0.1) is 0 Å². The summed E-state index contributed by atoms with van der Waals surface area (Å²) in [5, 5.41) is 3.40. The molecule has 0 aliphatic carbocycles. The number of azide groups is 1. The van der Waals surface area contributed by atoms with Crippen molar-refractivity contribution in [2.75, 3.05) is 0 Å². The fraction of sp³-hybridized carbons (Fsp3) is 0.444. The lowest BCUT2D eigenvalue weighted by atomic mass is 9.88. The molecule has 0 aliphatic rings. The topological polar surface area (TPSA) is 61.7 Å². The molecule has 0 radical (unpaired) electrons. The van der Waals surface area contributed by atoms with Crippen molar-refractivity contribution in [2.24, 2.45) is 5.11 Å². The van der Waals surface area contributed by atoms with Crippen LogP contribution in [0.15, 0.2) is 23.4 Å². The van der Waals surface area contributed by atoms with E-state index in [9.17, 15) is 0 Å². The van der Waals surface area contributed by atoms with Crippen LogP contribution in [-0.2, 0) is 5.41 Å². The maximum absolute atomic E-state index is 8.17. The van der Waals surface area contributed by atoms with E-state index in [1.165, 1.54) is 0 Å². The summed E-state index contributed by atoms with van der Waals surface area (Å²) in [5.41, 5.74) is 9.38. The summed E-state index contributed by atoms with van der Waals surface area (Å²) in [7, 11) is 0. The fourth-order valence-electron chi connectivity index (χ4n) is 0.935. The second-order valence-electron chi connectivity index (χ2n) is 3.84. The van der Waals surface area contributed by atoms with Gasteiger partial charge in [-0.05, 0) is 27.7 Å². The number of hydrogen-bond donors (Lipinski definition) is 0. The van der Waals surface area contributed by atoms with E-state index in [4.69, 9.17) is 5.53 Å². The first-order chi connectivity index (χ1) is 6.04. The van der Waals surface area contributed by atoms with Crippen molar-refractivity contribution in [2.45, 2.75) is 26.2 Å². The molecule has 13 heavy (non-hydrogen) atoms. The molecule has 0 atom stereocenters. The van der Waals surface area contributed by atoms with Gasteiger partial charge >= 0.3 is 0 Å². The van der Waals surface area contributed by atoms with Crippen LogP contribution in [-0.4, -0.2) is 4.98 Å². The molecule has 0 fully saturated rings. The predicted molar refractivity (Wildman–Crippen MR) is 51.7 cm³/mol. The van der Waals surface area contributed by atoms with Gasteiger partial charge in [0.05, 0.1) is 0 Å². The zero-order valence-corrected chi connectivity index (χ0v) is 8.02. The van der Waals surface area contributed by atoms with Crippen molar-refractivity contribution in [3.8, 4) is 0 Å². The Morgan fingerprint density at radius 2 is 2.08 bits per heavy atom. The molecule has 1 aromatic rings. The van der Waals surface area contributed by atoms with Gasteiger partial charge in [-0.3, -0.25) is 4.98 Å². The second kappa shape index (κ2) is 3.46. The highest BCUT2D eigenvalue weighted by molar-refractivity contribution is 5.31. The normalized spacial score (nSPS) is 10.7. The largest absolute Gasteiger partial charge is 0.254 e. The molecule has 1 heterocycles. The van der Waals surface area contributed by atoms with Gasteiger partial charge in [0.2, 0.25) is 0 Å². The lowest BCUT2D eigenvalue weighted by Gasteiger charge is -2.17. The lowest BCUT2D eigenvalue weighted by molar-refractivity contribution is 0.587. The van der Waals surface area contributed by atoms with E-state index in [0.29, 0.717) is 5.82 Å².